The topological polar surface area (TPSA) is 47.6 Å². The molecule has 0 radical (unpaired) electrons. The van der Waals surface area contributed by atoms with E-state index < -0.39 is 0 Å². The Hall–Kier alpha value is -2.58. The van der Waals surface area contributed by atoms with Gasteiger partial charge in [0.05, 0.1) is 0 Å². The summed E-state index contributed by atoms with van der Waals surface area (Å²) in [7, 11) is 0. The van der Waals surface area contributed by atoms with E-state index in [9.17, 15) is 0 Å². The van der Waals surface area contributed by atoms with Gasteiger partial charge in [0.2, 0.25) is 0 Å². The van der Waals surface area contributed by atoms with Crippen LogP contribution in [0.3, 0.4) is 0 Å². The van der Waals surface area contributed by atoms with Crippen LogP contribution in [0.2, 0.25) is 0 Å². The molecule has 1 aliphatic rings. The smallest absolute Gasteiger partial charge is 0.133 e. The lowest BCUT2D eigenvalue weighted by Crippen LogP contribution is -1.89. The van der Waals surface area contributed by atoms with Crippen molar-refractivity contribution in [3.05, 3.63) is 53.1 Å². The fourth-order valence-corrected chi connectivity index (χ4v) is 2.34. The van der Waals surface area contributed by atoms with Crippen molar-refractivity contribution in [3.8, 4) is 12.1 Å². The predicted octanol–water partition coefficient (Wildman–Crippen LogP) is 3.72. The molecule has 0 saturated carbocycles. The van der Waals surface area contributed by atoms with Gasteiger partial charge >= 0.3 is 0 Å². The van der Waals surface area contributed by atoms with E-state index in [0.717, 1.165) is 35.1 Å². The molecule has 0 amide bonds. The summed E-state index contributed by atoms with van der Waals surface area (Å²) in [6.45, 7) is 7.57. The van der Waals surface area contributed by atoms with Crippen LogP contribution in [0.5, 0.6) is 0 Å². The lowest BCUT2D eigenvalue weighted by molar-refractivity contribution is 1.08. The summed E-state index contributed by atoms with van der Waals surface area (Å²) in [5.41, 5.74) is 5.28. The van der Waals surface area contributed by atoms with Crippen molar-refractivity contribution in [1.29, 1.82) is 10.5 Å². The zero-order valence-corrected chi connectivity index (χ0v) is 10.0. The molecule has 0 aliphatic heterocycles. The maximum atomic E-state index is 8.97. The van der Waals surface area contributed by atoms with E-state index >= 15 is 0 Å². The van der Waals surface area contributed by atoms with Gasteiger partial charge in [0.15, 0.2) is 0 Å². The fourth-order valence-electron chi connectivity index (χ4n) is 2.34. The summed E-state index contributed by atoms with van der Waals surface area (Å²) in [5.74, 6) is 0. The predicted molar refractivity (Wildman–Crippen MR) is 73.1 cm³/mol. The standard InChI is InChI=1S/C16H12N2/c1-3-11-7-13-5-6-15(14(9-17)10-18)16(13)8-12(11)4-2/h3-4,7-8H,1-2,5-6H2. The van der Waals surface area contributed by atoms with Gasteiger partial charge in [-0.1, -0.05) is 31.4 Å². The minimum atomic E-state index is 0.218. The molecule has 0 heterocycles. The molecule has 0 N–H and O–H groups in total. The number of rotatable bonds is 2. The Morgan fingerprint density at radius 1 is 1.06 bits per heavy atom. The van der Waals surface area contributed by atoms with E-state index in [4.69, 9.17) is 10.5 Å². The highest BCUT2D eigenvalue weighted by Gasteiger charge is 2.21. The molecule has 86 valence electrons. The van der Waals surface area contributed by atoms with Crippen LogP contribution < -0.4 is 0 Å². The van der Waals surface area contributed by atoms with E-state index in [1.807, 2.05) is 18.2 Å². The van der Waals surface area contributed by atoms with Crippen molar-refractivity contribution in [2.45, 2.75) is 12.8 Å². The second kappa shape index (κ2) is 4.73. The van der Waals surface area contributed by atoms with Crippen LogP contribution in [-0.4, -0.2) is 0 Å². The molecule has 1 aromatic carbocycles. The highest BCUT2D eigenvalue weighted by Crippen LogP contribution is 2.36. The van der Waals surface area contributed by atoms with E-state index in [-0.39, 0.29) is 5.57 Å². The molecule has 0 unspecified atom stereocenters. The summed E-state index contributed by atoms with van der Waals surface area (Å²) in [5, 5.41) is 17.9. The number of allylic oxidation sites excluding steroid dienone is 2. The average Bonchev–Trinajstić information content (AvgIpc) is 2.81. The van der Waals surface area contributed by atoms with Crippen LogP contribution in [0.25, 0.3) is 17.7 Å². The number of nitriles is 2. The summed E-state index contributed by atoms with van der Waals surface area (Å²) in [4.78, 5) is 0. The van der Waals surface area contributed by atoms with Gasteiger partial charge in [-0.15, -0.1) is 0 Å². The highest BCUT2D eigenvalue weighted by atomic mass is 14.3. The first-order valence-electron chi connectivity index (χ1n) is 5.70. The molecule has 0 spiro atoms. The van der Waals surface area contributed by atoms with Crippen molar-refractivity contribution in [3.63, 3.8) is 0 Å². The number of hydrogen-bond donors (Lipinski definition) is 0. The summed E-state index contributed by atoms with van der Waals surface area (Å²) in [6.07, 6.45) is 5.19. The van der Waals surface area contributed by atoms with Gasteiger partial charge in [-0.2, -0.15) is 10.5 Å². The zero-order chi connectivity index (χ0) is 13.1. The number of hydrogen-bond acceptors (Lipinski definition) is 2. The Balaban J connectivity index is 2.70. The molecule has 1 aromatic rings. The first kappa shape index (κ1) is 11.9. The van der Waals surface area contributed by atoms with Crippen LogP contribution in [0.1, 0.15) is 28.7 Å². The van der Waals surface area contributed by atoms with Crippen molar-refractivity contribution >= 4 is 17.7 Å². The van der Waals surface area contributed by atoms with E-state index in [1.165, 1.54) is 5.56 Å². The Morgan fingerprint density at radius 2 is 1.67 bits per heavy atom. The molecular formula is C16H12N2. The summed E-state index contributed by atoms with van der Waals surface area (Å²) in [6, 6.07) is 8.01. The van der Waals surface area contributed by atoms with Gasteiger partial charge in [0.1, 0.15) is 17.7 Å². The Morgan fingerprint density at radius 3 is 2.22 bits per heavy atom. The van der Waals surface area contributed by atoms with Gasteiger partial charge in [-0.25, -0.2) is 0 Å². The van der Waals surface area contributed by atoms with Crippen LogP contribution in [0, 0.1) is 22.7 Å². The van der Waals surface area contributed by atoms with Crippen LogP contribution in [-0.2, 0) is 6.42 Å². The second-order valence-corrected chi connectivity index (χ2v) is 4.12. The molecule has 2 heteroatoms. The number of benzene rings is 1. The third-order valence-electron chi connectivity index (χ3n) is 3.24. The highest BCUT2D eigenvalue weighted by molar-refractivity contribution is 5.83. The maximum Gasteiger partial charge on any atom is 0.133 e. The zero-order valence-electron chi connectivity index (χ0n) is 10.0. The number of fused-ring (bicyclic) bond motifs is 1. The van der Waals surface area contributed by atoms with Crippen LogP contribution >= 0.6 is 0 Å². The van der Waals surface area contributed by atoms with E-state index in [2.05, 4.69) is 19.2 Å². The van der Waals surface area contributed by atoms with Gasteiger partial charge in [-0.05, 0) is 46.7 Å². The monoisotopic (exact) mass is 232 g/mol. The molecular weight excluding hydrogens is 220 g/mol. The van der Waals surface area contributed by atoms with Crippen molar-refractivity contribution in [2.75, 3.05) is 0 Å². The van der Waals surface area contributed by atoms with Gasteiger partial charge < -0.3 is 0 Å². The number of aryl methyl sites for hydroxylation is 1. The Bertz CT molecular complexity index is 633. The quantitative estimate of drug-likeness (QED) is 0.729. The van der Waals surface area contributed by atoms with Crippen LogP contribution in [0.4, 0.5) is 0 Å². The molecule has 2 nitrogen and oxygen atoms in total. The molecule has 2 rings (SSSR count). The van der Waals surface area contributed by atoms with Crippen molar-refractivity contribution < 1.29 is 0 Å². The lowest BCUT2D eigenvalue weighted by atomic mass is 9.97. The Labute approximate surface area is 107 Å². The van der Waals surface area contributed by atoms with Gasteiger partial charge in [-0.3, -0.25) is 0 Å². The fraction of sp³-hybridized carbons (Fsp3) is 0.125. The summed E-state index contributed by atoms with van der Waals surface area (Å²) >= 11 is 0. The molecule has 0 bridgehead atoms. The SMILES string of the molecule is C=Cc1cc2c(cc1C=C)C(=C(C#N)C#N)CC2. The lowest BCUT2D eigenvalue weighted by Gasteiger charge is -2.07. The average molecular weight is 232 g/mol. The molecule has 18 heavy (non-hydrogen) atoms. The summed E-state index contributed by atoms with van der Waals surface area (Å²) < 4.78 is 0. The molecule has 0 fully saturated rings. The maximum absolute atomic E-state index is 8.97. The second-order valence-electron chi connectivity index (χ2n) is 4.12. The third-order valence-corrected chi connectivity index (χ3v) is 3.24. The van der Waals surface area contributed by atoms with E-state index in [0.29, 0.717) is 0 Å². The first-order chi connectivity index (χ1) is 8.74. The molecule has 1 aliphatic carbocycles. The molecule has 0 saturated heterocycles. The number of nitrogens with zero attached hydrogens (tertiary/aromatic N) is 2. The van der Waals surface area contributed by atoms with Crippen molar-refractivity contribution in [1.82, 2.24) is 0 Å². The normalized spacial score (nSPS) is 12.2. The van der Waals surface area contributed by atoms with Gasteiger partial charge in [0, 0.05) is 0 Å². The Kier molecular flexibility index (Phi) is 3.13. The minimum Gasteiger partial charge on any atom is -0.192 e. The molecule has 0 aromatic heterocycles. The first-order valence-corrected chi connectivity index (χ1v) is 5.70. The molecule has 0 atom stereocenters. The van der Waals surface area contributed by atoms with Gasteiger partial charge in [0.25, 0.3) is 0 Å². The van der Waals surface area contributed by atoms with Crippen LogP contribution in [0.15, 0.2) is 30.9 Å². The van der Waals surface area contributed by atoms with E-state index in [1.54, 1.807) is 12.2 Å². The largest absolute Gasteiger partial charge is 0.192 e. The van der Waals surface area contributed by atoms with Crippen molar-refractivity contribution in [2.24, 2.45) is 0 Å². The third kappa shape index (κ3) is 1.75. The minimum absolute atomic E-state index is 0.218.